The molecule has 1 aliphatic rings. The number of aryl methyl sites for hydroxylation is 2. The topological polar surface area (TPSA) is 29.9 Å². The van der Waals surface area contributed by atoms with Crippen molar-refractivity contribution >= 4 is 0 Å². The van der Waals surface area contributed by atoms with Gasteiger partial charge in [0, 0.05) is 25.3 Å². The molecule has 2 rings (SSSR count). The Kier molecular flexibility index (Phi) is 2.83. The highest BCUT2D eigenvalue weighted by Crippen LogP contribution is 2.27. The van der Waals surface area contributed by atoms with Crippen molar-refractivity contribution in [1.82, 2.24) is 15.1 Å². The molecule has 1 aromatic heterocycles. The summed E-state index contributed by atoms with van der Waals surface area (Å²) < 4.78 is 2.16. The molecule has 1 N–H and O–H groups in total. The molecule has 0 amide bonds. The summed E-state index contributed by atoms with van der Waals surface area (Å²) in [5, 5.41) is 7.94. The number of nitrogens with one attached hydrogen (secondary N) is 1. The molecular formula is C12H21N3. The van der Waals surface area contributed by atoms with Gasteiger partial charge in [-0.25, -0.2) is 0 Å². The van der Waals surface area contributed by atoms with Crippen LogP contribution in [-0.4, -0.2) is 22.9 Å². The first-order chi connectivity index (χ1) is 7.17. The quantitative estimate of drug-likeness (QED) is 0.813. The van der Waals surface area contributed by atoms with Crippen LogP contribution in [-0.2, 0) is 19.4 Å². The van der Waals surface area contributed by atoms with Gasteiger partial charge in [0.15, 0.2) is 0 Å². The van der Waals surface area contributed by atoms with Gasteiger partial charge in [0.05, 0.1) is 5.69 Å². The number of nitrogens with zero attached hydrogens (tertiary/aromatic N) is 2. The van der Waals surface area contributed by atoms with Gasteiger partial charge in [-0.1, -0.05) is 13.8 Å². The standard InChI is InChI=1S/C12H21N3/c1-4-10-6-11(15(5-2)14-10)7-12(3)8-13-9-12/h6,13H,4-5,7-9H2,1-3H3. The fourth-order valence-electron chi connectivity index (χ4n) is 2.22. The van der Waals surface area contributed by atoms with Crippen LogP contribution in [0.5, 0.6) is 0 Å². The van der Waals surface area contributed by atoms with Crippen LogP contribution in [0.1, 0.15) is 32.2 Å². The summed E-state index contributed by atoms with van der Waals surface area (Å²) in [5.41, 5.74) is 3.08. The molecule has 84 valence electrons. The molecule has 15 heavy (non-hydrogen) atoms. The summed E-state index contributed by atoms with van der Waals surface area (Å²) in [5.74, 6) is 0. The van der Waals surface area contributed by atoms with Crippen LogP contribution in [0.15, 0.2) is 6.07 Å². The Hall–Kier alpha value is -0.830. The predicted molar refractivity (Wildman–Crippen MR) is 62.0 cm³/mol. The first kappa shape index (κ1) is 10.7. The molecule has 0 aliphatic carbocycles. The lowest BCUT2D eigenvalue weighted by Gasteiger charge is -2.39. The summed E-state index contributed by atoms with van der Waals surface area (Å²) in [7, 11) is 0. The second-order valence-corrected chi connectivity index (χ2v) is 4.89. The monoisotopic (exact) mass is 207 g/mol. The number of aromatic nitrogens is 2. The highest BCUT2D eigenvalue weighted by atomic mass is 15.3. The molecule has 0 unspecified atom stereocenters. The van der Waals surface area contributed by atoms with Gasteiger partial charge < -0.3 is 5.32 Å². The summed E-state index contributed by atoms with van der Waals surface area (Å²) in [6.07, 6.45) is 2.19. The Balaban J connectivity index is 2.15. The highest BCUT2D eigenvalue weighted by molar-refractivity contribution is 5.14. The lowest BCUT2D eigenvalue weighted by atomic mass is 9.80. The van der Waals surface area contributed by atoms with Crippen molar-refractivity contribution in [2.24, 2.45) is 5.41 Å². The molecule has 0 spiro atoms. The molecule has 0 radical (unpaired) electrons. The van der Waals surface area contributed by atoms with E-state index in [1.165, 1.54) is 11.4 Å². The van der Waals surface area contributed by atoms with Crippen LogP contribution in [0, 0.1) is 5.41 Å². The summed E-state index contributed by atoms with van der Waals surface area (Å²) in [6, 6.07) is 2.27. The Morgan fingerprint density at radius 1 is 1.47 bits per heavy atom. The van der Waals surface area contributed by atoms with E-state index in [9.17, 15) is 0 Å². The smallest absolute Gasteiger partial charge is 0.0624 e. The number of hydrogen-bond acceptors (Lipinski definition) is 2. The Morgan fingerprint density at radius 3 is 2.67 bits per heavy atom. The van der Waals surface area contributed by atoms with Gasteiger partial charge in [0.2, 0.25) is 0 Å². The predicted octanol–water partition coefficient (Wildman–Crippen LogP) is 1.62. The molecule has 1 saturated heterocycles. The van der Waals surface area contributed by atoms with E-state index in [1.807, 2.05) is 0 Å². The zero-order chi connectivity index (χ0) is 10.9. The molecule has 0 atom stereocenters. The molecule has 3 nitrogen and oxygen atoms in total. The minimum Gasteiger partial charge on any atom is -0.316 e. The van der Waals surface area contributed by atoms with E-state index in [0.29, 0.717) is 5.41 Å². The lowest BCUT2D eigenvalue weighted by molar-refractivity contribution is 0.191. The zero-order valence-electron chi connectivity index (χ0n) is 10.0. The van der Waals surface area contributed by atoms with Gasteiger partial charge >= 0.3 is 0 Å². The van der Waals surface area contributed by atoms with Crippen LogP contribution in [0.3, 0.4) is 0 Å². The third-order valence-electron chi connectivity index (χ3n) is 3.29. The van der Waals surface area contributed by atoms with E-state index in [1.54, 1.807) is 0 Å². The maximum Gasteiger partial charge on any atom is 0.0624 e. The normalized spacial score (nSPS) is 18.9. The molecule has 0 saturated carbocycles. The van der Waals surface area contributed by atoms with Crippen LogP contribution < -0.4 is 5.32 Å². The third kappa shape index (κ3) is 2.07. The van der Waals surface area contributed by atoms with Gasteiger partial charge in [-0.05, 0) is 31.2 Å². The summed E-state index contributed by atoms with van der Waals surface area (Å²) in [6.45, 7) is 9.95. The van der Waals surface area contributed by atoms with Gasteiger partial charge in [0.25, 0.3) is 0 Å². The van der Waals surface area contributed by atoms with Crippen molar-refractivity contribution in [3.63, 3.8) is 0 Å². The molecule has 3 heteroatoms. The van der Waals surface area contributed by atoms with Gasteiger partial charge in [-0.15, -0.1) is 0 Å². The largest absolute Gasteiger partial charge is 0.316 e. The van der Waals surface area contributed by atoms with E-state index >= 15 is 0 Å². The average molecular weight is 207 g/mol. The average Bonchev–Trinajstić information content (AvgIpc) is 2.58. The van der Waals surface area contributed by atoms with Crippen molar-refractivity contribution in [2.45, 2.75) is 40.2 Å². The first-order valence-corrected chi connectivity index (χ1v) is 5.93. The van der Waals surface area contributed by atoms with Crippen LogP contribution >= 0.6 is 0 Å². The molecule has 1 fully saturated rings. The van der Waals surface area contributed by atoms with Gasteiger partial charge in [0.1, 0.15) is 0 Å². The molecule has 1 aromatic rings. The van der Waals surface area contributed by atoms with Crippen molar-refractivity contribution in [3.05, 3.63) is 17.5 Å². The lowest BCUT2D eigenvalue weighted by Crippen LogP contribution is -2.52. The fraction of sp³-hybridized carbons (Fsp3) is 0.750. The van der Waals surface area contributed by atoms with Crippen molar-refractivity contribution < 1.29 is 0 Å². The number of hydrogen-bond donors (Lipinski definition) is 1. The van der Waals surface area contributed by atoms with Gasteiger partial charge in [-0.2, -0.15) is 5.10 Å². The second-order valence-electron chi connectivity index (χ2n) is 4.89. The van der Waals surface area contributed by atoms with E-state index < -0.39 is 0 Å². The van der Waals surface area contributed by atoms with E-state index in [2.05, 4.69) is 41.9 Å². The van der Waals surface area contributed by atoms with Crippen LogP contribution in [0.2, 0.25) is 0 Å². The SMILES string of the molecule is CCc1cc(CC2(C)CNC2)n(CC)n1. The molecule has 0 aromatic carbocycles. The fourth-order valence-corrected chi connectivity index (χ4v) is 2.22. The Bertz CT molecular complexity index is 337. The Labute approximate surface area is 91.9 Å². The Morgan fingerprint density at radius 2 is 2.20 bits per heavy atom. The minimum atomic E-state index is 0.456. The van der Waals surface area contributed by atoms with Crippen LogP contribution in [0.25, 0.3) is 0 Å². The third-order valence-corrected chi connectivity index (χ3v) is 3.29. The maximum atomic E-state index is 4.59. The minimum absolute atomic E-state index is 0.456. The first-order valence-electron chi connectivity index (χ1n) is 5.93. The highest BCUT2D eigenvalue weighted by Gasteiger charge is 2.32. The maximum absolute atomic E-state index is 4.59. The number of rotatable bonds is 4. The van der Waals surface area contributed by atoms with Crippen molar-refractivity contribution in [2.75, 3.05) is 13.1 Å². The summed E-state index contributed by atoms with van der Waals surface area (Å²) in [4.78, 5) is 0. The van der Waals surface area contributed by atoms with Crippen LogP contribution in [0.4, 0.5) is 0 Å². The molecular weight excluding hydrogens is 186 g/mol. The van der Waals surface area contributed by atoms with Gasteiger partial charge in [-0.3, -0.25) is 4.68 Å². The van der Waals surface area contributed by atoms with E-state index in [4.69, 9.17) is 0 Å². The zero-order valence-corrected chi connectivity index (χ0v) is 10.0. The molecule has 0 bridgehead atoms. The molecule has 1 aliphatic heterocycles. The van der Waals surface area contributed by atoms with E-state index in [-0.39, 0.29) is 0 Å². The van der Waals surface area contributed by atoms with Crippen molar-refractivity contribution in [1.29, 1.82) is 0 Å². The van der Waals surface area contributed by atoms with E-state index in [0.717, 1.165) is 32.5 Å². The molecule has 2 heterocycles. The second kappa shape index (κ2) is 3.97. The summed E-state index contributed by atoms with van der Waals surface area (Å²) >= 11 is 0. The van der Waals surface area contributed by atoms with Crippen molar-refractivity contribution in [3.8, 4) is 0 Å².